The van der Waals surface area contributed by atoms with Crippen molar-refractivity contribution in [3.63, 3.8) is 0 Å². The van der Waals surface area contributed by atoms with E-state index >= 15 is 0 Å². The van der Waals surface area contributed by atoms with E-state index in [2.05, 4.69) is 15.9 Å². The number of benzene rings is 3. The Hall–Kier alpha value is -3.26. The van der Waals surface area contributed by atoms with Crippen molar-refractivity contribution in [1.29, 1.82) is 0 Å². The van der Waals surface area contributed by atoms with Gasteiger partial charge < -0.3 is 24.8 Å². The molecule has 0 unspecified atom stereocenters. The summed E-state index contributed by atoms with van der Waals surface area (Å²) in [5.74, 6) is -1.84. The highest BCUT2D eigenvalue weighted by Gasteiger charge is 2.16. The van der Waals surface area contributed by atoms with E-state index in [4.69, 9.17) is 19.7 Å². The minimum Gasteiger partial charge on any atom is -0.506 e. The van der Waals surface area contributed by atoms with Crippen molar-refractivity contribution in [2.24, 2.45) is 0 Å². The number of ether oxygens (including phenoxy) is 2. The van der Waals surface area contributed by atoms with Crippen molar-refractivity contribution in [2.45, 2.75) is 0 Å². The summed E-state index contributed by atoms with van der Waals surface area (Å²) in [5, 5.41) is 28.9. The lowest BCUT2D eigenvalue weighted by Crippen LogP contribution is -2.03. The largest absolute Gasteiger partial charge is 0.506 e. The molecule has 0 aliphatic heterocycles. The molecule has 0 aromatic heterocycles. The fourth-order valence-corrected chi connectivity index (χ4v) is 3.09. The molecular formula is C20H17BrO7. The van der Waals surface area contributed by atoms with Crippen LogP contribution in [0.5, 0.6) is 17.2 Å². The molecule has 146 valence electrons. The summed E-state index contributed by atoms with van der Waals surface area (Å²) in [5.41, 5.74) is -0.0481. The van der Waals surface area contributed by atoms with Crippen LogP contribution in [0.1, 0.15) is 20.7 Å². The first-order valence-corrected chi connectivity index (χ1v) is 8.68. The number of hydrogen-bond acceptors (Lipinski definition) is 5. The Bertz CT molecular complexity index is 1010. The van der Waals surface area contributed by atoms with Gasteiger partial charge in [-0.2, -0.15) is 0 Å². The van der Waals surface area contributed by atoms with E-state index in [9.17, 15) is 14.7 Å². The van der Waals surface area contributed by atoms with Crippen LogP contribution in [0.3, 0.4) is 0 Å². The van der Waals surface area contributed by atoms with E-state index in [-0.39, 0.29) is 16.9 Å². The zero-order chi connectivity index (χ0) is 20.8. The Morgan fingerprint density at radius 1 is 0.893 bits per heavy atom. The summed E-state index contributed by atoms with van der Waals surface area (Å²) in [4.78, 5) is 21.6. The molecule has 0 bridgehead atoms. The standard InChI is InChI=1S/C11H7BrO3.C9H10O4/c12-9-7-4-2-1-3-6(7)5-8(10(9)13)11(14)15;1-12-6-4-3-5-7(13-2)8(6)9(10)11/h1-5,13H,(H,14,15);3-5H,1-2H3,(H,10,11). The number of rotatable bonds is 4. The number of carboxylic acids is 2. The molecule has 0 fully saturated rings. The highest BCUT2D eigenvalue weighted by Crippen LogP contribution is 2.35. The number of aromatic carboxylic acids is 2. The smallest absolute Gasteiger partial charge is 0.343 e. The van der Waals surface area contributed by atoms with Crippen LogP contribution in [0.15, 0.2) is 53.0 Å². The Morgan fingerprint density at radius 2 is 1.46 bits per heavy atom. The van der Waals surface area contributed by atoms with Crippen LogP contribution < -0.4 is 9.47 Å². The zero-order valence-electron chi connectivity index (χ0n) is 15.0. The SMILES string of the molecule is COc1cccc(OC)c1C(=O)O.O=C(O)c1cc2ccccc2c(Br)c1O. The van der Waals surface area contributed by atoms with Crippen molar-refractivity contribution >= 4 is 38.6 Å². The molecule has 3 aromatic carbocycles. The van der Waals surface area contributed by atoms with Crippen molar-refractivity contribution in [3.05, 3.63) is 64.1 Å². The predicted octanol–water partition coefficient (Wildman–Crippen LogP) is 4.41. The second kappa shape index (κ2) is 9.09. The Balaban J connectivity index is 0.000000203. The number of hydrogen-bond donors (Lipinski definition) is 3. The molecule has 8 heteroatoms. The first kappa shape index (κ1) is 21.0. The normalized spacial score (nSPS) is 9.96. The minimum atomic E-state index is -1.14. The maximum atomic E-state index is 10.8. The van der Waals surface area contributed by atoms with E-state index < -0.39 is 11.9 Å². The number of carbonyl (C=O) groups is 2. The van der Waals surface area contributed by atoms with Crippen LogP contribution in [0.2, 0.25) is 0 Å². The third-order valence-electron chi connectivity index (χ3n) is 3.83. The number of methoxy groups -OCH3 is 2. The van der Waals surface area contributed by atoms with E-state index in [0.717, 1.165) is 10.8 Å². The fraction of sp³-hybridized carbons (Fsp3) is 0.100. The maximum absolute atomic E-state index is 10.8. The van der Waals surface area contributed by atoms with Crippen LogP contribution in [0.4, 0.5) is 0 Å². The molecule has 0 spiro atoms. The number of halogens is 1. The van der Waals surface area contributed by atoms with Crippen LogP contribution in [0.25, 0.3) is 10.8 Å². The summed E-state index contributed by atoms with van der Waals surface area (Å²) >= 11 is 3.19. The number of fused-ring (bicyclic) bond motifs is 1. The van der Waals surface area contributed by atoms with E-state index in [0.29, 0.717) is 16.0 Å². The zero-order valence-corrected chi connectivity index (χ0v) is 16.6. The summed E-state index contributed by atoms with van der Waals surface area (Å²) in [6.45, 7) is 0. The second-order valence-electron chi connectivity index (χ2n) is 5.46. The van der Waals surface area contributed by atoms with E-state index in [1.54, 1.807) is 24.3 Å². The lowest BCUT2D eigenvalue weighted by atomic mass is 10.1. The molecule has 3 rings (SSSR count). The van der Waals surface area contributed by atoms with E-state index in [1.807, 2.05) is 18.2 Å². The third kappa shape index (κ3) is 4.34. The van der Waals surface area contributed by atoms with Gasteiger partial charge in [0.05, 0.1) is 18.7 Å². The molecule has 3 N–H and O–H groups in total. The van der Waals surface area contributed by atoms with Crippen molar-refractivity contribution < 1.29 is 34.4 Å². The average Bonchev–Trinajstić information content (AvgIpc) is 2.70. The monoisotopic (exact) mass is 448 g/mol. The lowest BCUT2D eigenvalue weighted by molar-refractivity contribution is 0.0680. The Labute approximate surface area is 168 Å². The van der Waals surface area contributed by atoms with Crippen LogP contribution >= 0.6 is 15.9 Å². The third-order valence-corrected chi connectivity index (χ3v) is 4.63. The maximum Gasteiger partial charge on any atom is 0.343 e. The van der Waals surface area contributed by atoms with Crippen molar-refractivity contribution in [2.75, 3.05) is 14.2 Å². The Kier molecular flexibility index (Phi) is 6.84. The van der Waals surface area contributed by atoms with Gasteiger partial charge in [0.1, 0.15) is 28.4 Å². The number of aromatic hydroxyl groups is 1. The van der Waals surface area contributed by atoms with Gasteiger partial charge in [-0.3, -0.25) is 0 Å². The highest BCUT2D eigenvalue weighted by molar-refractivity contribution is 9.10. The van der Waals surface area contributed by atoms with Crippen molar-refractivity contribution in [1.82, 2.24) is 0 Å². The average molecular weight is 449 g/mol. The summed E-state index contributed by atoms with van der Waals surface area (Å²) in [6, 6.07) is 13.5. The van der Waals surface area contributed by atoms with Gasteiger partial charge in [0.25, 0.3) is 0 Å². The second-order valence-corrected chi connectivity index (χ2v) is 6.25. The van der Waals surface area contributed by atoms with Crippen LogP contribution in [0, 0.1) is 0 Å². The molecule has 0 radical (unpaired) electrons. The van der Waals surface area contributed by atoms with Crippen molar-refractivity contribution in [3.8, 4) is 17.2 Å². The summed E-state index contributed by atoms with van der Waals surface area (Å²) in [6.07, 6.45) is 0. The first-order valence-electron chi connectivity index (χ1n) is 7.89. The fourth-order valence-electron chi connectivity index (χ4n) is 2.52. The van der Waals surface area contributed by atoms with Gasteiger partial charge in [-0.15, -0.1) is 0 Å². The molecule has 3 aromatic rings. The van der Waals surface area contributed by atoms with Crippen LogP contribution in [-0.2, 0) is 0 Å². The molecule has 0 amide bonds. The molecule has 0 aliphatic rings. The number of carboxylic acid groups (broad SMARTS) is 2. The van der Waals surface area contributed by atoms with Gasteiger partial charge in [0.15, 0.2) is 0 Å². The van der Waals surface area contributed by atoms with Gasteiger partial charge >= 0.3 is 11.9 Å². The predicted molar refractivity (Wildman–Crippen MR) is 107 cm³/mol. The quantitative estimate of drug-likeness (QED) is 0.541. The molecule has 7 nitrogen and oxygen atoms in total. The minimum absolute atomic E-state index is 0.0486. The molecule has 0 aliphatic carbocycles. The van der Waals surface area contributed by atoms with Gasteiger partial charge in [-0.1, -0.05) is 30.3 Å². The molecule has 0 heterocycles. The summed E-state index contributed by atoms with van der Waals surface area (Å²) < 4.78 is 10.2. The van der Waals surface area contributed by atoms with E-state index in [1.165, 1.54) is 20.3 Å². The molecule has 28 heavy (non-hydrogen) atoms. The molecular weight excluding hydrogens is 432 g/mol. The van der Waals surface area contributed by atoms with Gasteiger partial charge in [0, 0.05) is 0 Å². The topological polar surface area (TPSA) is 113 Å². The Morgan fingerprint density at radius 3 is 1.96 bits per heavy atom. The van der Waals surface area contributed by atoms with Gasteiger partial charge in [-0.25, -0.2) is 9.59 Å². The molecule has 0 saturated carbocycles. The molecule has 0 atom stereocenters. The van der Waals surface area contributed by atoms with Crippen LogP contribution in [-0.4, -0.2) is 41.5 Å². The molecule has 0 saturated heterocycles. The highest BCUT2D eigenvalue weighted by atomic mass is 79.9. The first-order chi connectivity index (χ1) is 13.3. The van der Waals surface area contributed by atoms with Gasteiger partial charge in [-0.05, 0) is 44.9 Å². The van der Waals surface area contributed by atoms with Gasteiger partial charge in [0.2, 0.25) is 0 Å². The number of phenols is 1. The lowest BCUT2D eigenvalue weighted by Gasteiger charge is -2.08. The summed E-state index contributed by atoms with van der Waals surface area (Å²) in [7, 11) is 2.84.